The summed E-state index contributed by atoms with van der Waals surface area (Å²) in [5.74, 6) is 1.55. The topological polar surface area (TPSA) is 139 Å². The zero-order chi connectivity index (χ0) is 23.8. The molecule has 0 aliphatic heterocycles. The number of nitrogens with one attached hydrogen (secondary N) is 3. The minimum absolute atomic E-state index is 0.0320. The molecule has 2 aromatic carbocycles. The number of aromatic nitrogens is 4. The van der Waals surface area contributed by atoms with Crippen LogP contribution in [0.5, 0.6) is 0 Å². The summed E-state index contributed by atoms with van der Waals surface area (Å²) in [7, 11) is -3.77. The maximum absolute atomic E-state index is 11.5. The van der Waals surface area contributed by atoms with Gasteiger partial charge in [0.25, 0.3) is 0 Å². The van der Waals surface area contributed by atoms with Crippen molar-refractivity contribution in [2.24, 2.45) is 5.14 Å². The highest BCUT2D eigenvalue weighted by Crippen LogP contribution is 2.28. The molecule has 5 N–H and O–H groups in total. The maximum Gasteiger partial charge on any atom is 0.238 e. The SMILES string of the molecule is Cc1cc(Nc2cc(-c3cc(C)c(C)c(C)c3)nc(Nc3ccc(S(N)(=O)=O)cc3)n2)n[nH]1. The summed E-state index contributed by atoms with van der Waals surface area (Å²) in [6.45, 7) is 8.16. The van der Waals surface area contributed by atoms with Crippen LogP contribution in [0, 0.1) is 27.7 Å². The summed E-state index contributed by atoms with van der Waals surface area (Å²) in [6, 6.07) is 14.0. The first-order valence-electron chi connectivity index (χ1n) is 10.2. The fraction of sp³-hybridized carbons (Fsp3) is 0.174. The lowest BCUT2D eigenvalue weighted by atomic mass is 9.99. The minimum atomic E-state index is -3.77. The van der Waals surface area contributed by atoms with Gasteiger partial charge in [0.15, 0.2) is 5.82 Å². The zero-order valence-electron chi connectivity index (χ0n) is 18.8. The quantitative estimate of drug-likeness (QED) is 0.335. The van der Waals surface area contributed by atoms with Gasteiger partial charge in [0.05, 0.1) is 10.6 Å². The van der Waals surface area contributed by atoms with Gasteiger partial charge < -0.3 is 10.6 Å². The van der Waals surface area contributed by atoms with Crippen LogP contribution in [-0.4, -0.2) is 28.6 Å². The number of aryl methyl sites for hydroxylation is 3. The minimum Gasteiger partial charge on any atom is -0.324 e. The van der Waals surface area contributed by atoms with E-state index in [4.69, 9.17) is 10.1 Å². The van der Waals surface area contributed by atoms with Crippen molar-refractivity contribution >= 4 is 33.3 Å². The molecule has 4 rings (SSSR count). The van der Waals surface area contributed by atoms with Crippen molar-refractivity contribution in [1.29, 1.82) is 0 Å². The number of primary sulfonamides is 1. The molecule has 0 fully saturated rings. The number of aromatic amines is 1. The number of benzene rings is 2. The van der Waals surface area contributed by atoms with E-state index in [9.17, 15) is 8.42 Å². The first kappa shape index (κ1) is 22.4. The number of H-pyrrole nitrogens is 1. The van der Waals surface area contributed by atoms with Crippen LogP contribution in [0.4, 0.5) is 23.3 Å². The van der Waals surface area contributed by atoms with E-state index in [2.05, 4.69) is 58.7 Å². The van der Waals surface area contributed by atoms with Crippen molar-refractivity contribution in [1.82, 2.24) is 20.2 Å². The van der Waals surface area contributed by atoms with Crippen LogP contribution in [0.15, 0.2) is 53.4 Å². The molecule has 0 aliphatic rings. The zero-order valence-corrected chi connectivity index (χ0v) is 19.6. The van der Waals surface area contributed by atoms with Crippen molar-refractivity contribution in [2.45, 2.75) is 32.6 Å². The van der Waals surface area contributed by atoms with Gasteiger partial charge >= 0.3 is 0 Å². The van der Waals surface area contributed by atoms with Crippen LogP contribution in [-0.2, 0) is 10.0 Å². The predicted octanol–water partition coefficient (Wildman–Crippen LogP) is 4.23. The van der Waals surface area contributed by atoms with Gasteiger partial charge in [-0.25, -0.2) is 18.5 Å². The first-order chi connectivity index (χ1) is 15.6. The number of hydrogen-bond donors (Lipinski definition) is 4. The average molecular weight is 464 g/mol. The standard InChI is InChI=1S/C23H25N7O2S/c1-13-9-17(10-14(2)16(13)4)20-12-21(27-22-11-15(3)29-30-22)28-23(26-20)25-18-5-7-19(8-6-18)33(24,31)32/h5-12H,1-4H3,(H2,24,31,32)(H3,25,26,27,28,29,30). The third-order valence-corrected chi connectivity index (χ3v) is 6.28. The molecule has 4 aromatic rings. The Labute approximate surface area is 192 Å². The Kier molecular flexibility index (Phi) is 5.88. The number of anilines is 4. The molecule has 2 heterocycles. The molecule has 10 heteroatoms. The molecule has 0 saturated carbocycles. The molecule has 0 amide bonds. The Hall–Kier alpha value is -3.76. The van der Waals surface area contributed by atoms with Gasteiger partial charge in [-0.1, -0.05) is 0 Å². The largest absolute Gasteiger partial charge is 0.324 e. The van der Waals surface area contributed by atoms with E-state index >= 15 is 0 Å². The number of sulfonamides is 1. The number of hydrogen-bond acceptors (Lipinski definition) is 7. The molecule has 0 aliphatic carbocycles. The second-order valence-electron chi connectivity index (χ2n) is 7.95. The average Bonchev–Trinajstić information content (AvgIpc) is 3.15. The van der Waals surface area contributed by atoms with Gasteiger partial charge in [0.1, 0.15) is 5.82 Å². The number of nitrogens with two attached hydrogens (primary N) is 1. The summed E-state index contributed by atoms with van der Waals surface area (Å²) in [5.41, 5.74) is 6.83. The van der Waals surface area contributed by atoms with Crippen molar-refractivity contribution in [2.75, 3.05) is 10.6 Å². The lowest BCUT2D eigenvalue weighted by Crippen LogP contribution is -2.11. The smallest absolute Gasteiger partial charge is 0.238 e. The van der Waals surface area contributed by atoms with Crippen LogP contribution < -0.4 is 15.8 Å². The summed E-state index contributed by atoms with van der Waals surface area (Å²) in [4.78, 5) is 9.29. The normalized spacial score (nSPS) is 11.4. The van der Waals surface area contributed by atoms with Gasteiger partial charge in [-0.15, -0.1) is 0 Å². The summed E-state index contributed by atoms with van der Waals surface area (Å²) < 4.78 is 23.0. The van der Waals surface area contributed by atoms with E-state index in [0.717, 1.165) is 17.0 Å². The Bertz CT molecular complexity index is 1400. The highest BCUT2D eigenvalue weighted by atomic mass is 32.2. The molecule has 0 radical (unpaired) electrons. The van der Waals surface area contributed by atoms with Crippen molar-refractivity contribution in [3.8, 4) is 11.3 Å². The van der Waals surface area contributed by atoms with Gasteiger partial charge in [-0.05, 0) is 80.8 Å². The van der Waals surface area contributed by atoms with E-state index in [0.29, 0.717) is 23.3 Å². The number of rotatable bonds is 6. The molecular weight excluding hydrogens is 438 g/mol. The van der Waals surface area contributed by atoms with Crippen LogP contribution >= 0.6 is 0 Å². The molecule has 0 saturated heterocycles. The molecule has 170 valence electrons. The summed E-state index contributed by atoms with van der Waals surface area (Å²) >= 11 is 0. The van der Waals surface area contributed by atoms with E-state index in [1.165, 1.54) is 28.8 Å². The summed E-state index contributed by atoms with van der Waals surface area (Å²) in [6.07, 6.45) is 0. The van der Waals surface area contributed by atoms with Crippen molar-refractivity contribution in [3.05, 3.63) is 70.9 Å². The predicted molar refractivity (Wildman–Crippen MR) is 129 cm³/mol. The molecule has 0 unspecified atom stereocenters. The Morgan fingerprint density at radius 2 is 1.52 bits per heavy atom. The molecule has 0 atom stereocenters. The van der Waals surface area contributed by atoms with Gasteiger partial charge in [-0.2, -0.15) is 10.1 Å². The maximum atomic E-state index is 11.5. The van der Waals surface area contributed by atoms with Gasteiger partial charge in [0, 0.05) is 29.1 Å². The highest BCUT2D eigenvalue weighted by molar-refractivity contribution is 7.89. The van der Waals surface area contributed by atoms with Crippen LogP contribution in [0.25, 0.3) is 11.3 Å². The van der Waals surface area contributed by atoms with Crippen LogP contribution in [0.2, 0.25) is 0 Å². The Morgan fingerprint density at radius 3 is 2.09 bits per heavy atom. The fourth-order valence-electron chi connectivity index (χ4n) is 3.37. The van der Waals surface area contributed by atoms with Crippen LogP contribution in [0.1, 0.15) is 22.4 Å². The molecule has 0 bridgehead atoms. The van der Waals surface area contributed by atoms with E-state index in [1.807, 2.05) is 19.1 Å². The molecule has 0 spiro atoms. The lowest BCUT2D eigenvalue weighted by molar-refractivity contribution is 0.598. The van der Waals surface area contributed by atoms with Crippen LogP contribution in [0.3, 0.4) is 0 Å². The van der Waals surface area contributed by atoms with E-state index in [1.54, 1.807) is 12.1 Å². The molecule has 33 heavy (non-hydrogen) atoms. The van der Waals surface area contributed by atoms with Gasteiger partial charge in [-0.3, -0.25) is 5.10 Å². The van der Waals surface area contributed by atoms with Gasteiger partial charge in [0.2, 0.25) is 16.0 Å². The second kappa shape index (κ2) is 8.64. The Morgan fingerprint density at radius 1 is 0.848 bits per heavy atom. The second-order valence-corrected chi connectivity index (χ2v) is 9.51. The third-order valence-electron chi connectivity index (χ3n) is 5.35. The lowest BCUT2D eigenvalue weighted by Gasteiger charge is -2.13. The van der Waals surface area contributed by atoms with E-state index in [-0.39, 0.29) is 4.90 Å². The highest BCUT2D eigenvalue weighted by Gasteiger charge is 2.12. The number of nitrogens with zero attached hydrogens (tertiary/aromatic N) is 3. The van der Waals surface area contributed by atoms with Crippen molar-refractivity contribution in [3.63, 3.8) is 0 Å². The van der Waals surface area contributed by atoms with Crippen molar-refractivity contribution < 1.29 is 8.42 Å². The third kappa shape index (κ3) is 5.18. The summed E-state index contributed by atoms with van der Waals surface area (Å²) in [5, 5.41) is 18.6. The molecular formula is C23H25N7O2S. The fourth-order valence-corrected chi connectivity index (χ4v) is 3.88. The van der Waals surface area contributed by atoms with E-state index < -0.39 is 10.0 Å². The Balaban J connectivity index is 1.74. The molecule has 9 nitrogen and oxygen atoms in total. The monoisotopic (exact) mass is 463 g/mol. The first-order valence-corrected chi connectivity index (χ1v) is 11.8. The molecule has 2 aromatic heterocycles.